The van der Waals surface area contributed by atoms with Crippen molar-refractivity contribution in [3.8, 4) is 10.8 Å². The van der Waals surface area contributed by atoms with Crippen LogP contribution in [0.3, 0.4) is 0 Å². The Balaban J connectivity index is 1.79. The van der Waals surface area contributed by atoms with Gasteiger partial charge >= 0.3 is 0 Å². The van der Waals surface area contributed by atoms with Gasteiger partial charge in [-0.1, -0.05) is 23.8 Å². The molecule has 2 heterocycles. The van der Waals surface area contributed by atoms with Gasteiger partial charge in [-0.05, 0) is 43.8 Å². The van der Waals surface area contributed by atoms with Crippen molar-refractivity contribution in [2.45, 2.75) is 30.9 Å². The first-order valence-electron chi connectivity index (χ1n) is 6.74. The van der Waals surface area contributed by atoms with Gasteiger partial charge in [-0.15, -0.1) is 33.3 Å². The van der Waals surface area contributed by atoms with Crippen LogP contribution < -0.4 is 0 Å². The zero-order chi connectivity index (χ0) is 14.8. The number of thiophene rings is 1. The Hall–Kier alpha value is -1.59. The van der Waals surface area contributed by atoms with Crippen LogP contribution in [0.25, 0.3) is 10.8 Å². The van der Waals surface area contributed by atoms with Gasteiger partial charge in [0, 0.05) is 4.90 Å². The van der Waals surface area contributed by atoms with Gasteiger partial charge in [0.15, 0.2) is 0 Å². The van der Waals surface area contributed by atoms with Crippen LogP contribution in [0.1, 0.15) is 29.2 Å². The van der Waals surface area contributed by atoms with Crippen molar-refractivity contribution in [3.63, 3.8) is 0 Å². The number of aromatic nitrogens is 2. The van der Waals surface area contributed by atoms with Crippen molar-refractivity contribution in [3.05, 3.63) is 52.7 Å². The summed E-state index contributed by atoms with van der Waals surface area (Å²) >= 11 is 3.36. The Morgan fingerprint density at radius 3 is 2.81 bits per heavy atom. The number of hydrogen-bond donors (Lipinski definition) is 0. The number of hydrogen-bond acceptors (Lipinski definition) is 5. The maximum atomic E-state index is 5.80. The number of nitrogens with zero attached hydrogens (tertiary/aromatic N) is 2. The predicted octanol–water partition coefficient (Wildman–Crippen LogP) is 5.27. The molecule has 0 radical (unpaired) electrons. The molecule has 0 aliphatic rings. The predicted molar refractivity (Wildman–Crippen MR) is 87.8 cm³/mol. The van der Waals surface area contributed by atoms with Crippen molar-refractivity contribution in [2.75, 3.05) is 0 Å². The van der Waals surface area contributed by atoms with E-state index < -0.39 is 0 Å². The van der Waals surface area contributed by atoms with Crippen molar-refractivity contribution in [1.29, 1.82) is 0 Å². The quantitative estimate of drug-likeness (QED) is 0.615. The smallest absolute Gasteiger partial charge is 0.257 e. The first kappa shape index (κ1) is 14.4. The van der Waals surface area contributed by atoms with Crippen molar-refractivity contribution in [1.82, 2.24) is 10.2 Å². The highest BCUT2D eigenvalue weighted by molar-refractivity contribution is 7.99. The van der Waals surface area contributed by atoms with E-state index in [4.69, 9.17) is 4.42 Å². The standard InChI is InChI=1S/C16H16N2OS2/c1-10-6-7-11(2)14(9-10)21-12(3)15-17-18-16(19-15)13-5-4-8-20-13/h4-9,12H,1-3H3. The zero-order valence-corrected chi connectivity index (χ0v) is 13.8. The fraction of sp³-hybridized carbons (Fsp3) is 0.250. The molecule has 1 atom stereocenters. The summed E-state index contributed by atoms with van der Waals surface area (Å²) in [6.45, 7) is 6.33. The largest absolute Gasteiger partial charge is 0.419 e. The molecule has 3 aromatic rings. The Morgan fingerprint density at radius 2 is 2.05 bits per heavy atom. The molecule has 108 valence electrons. The second kappa shape index (κ2) is 6.03. The summed E-state index contributed by atoms with van der Waals surface area (Å²) in [5, 5.41) is 10.5. The lowest BCUT2D eigenvalue weighted by molar-refractivity contribution is 0.510. The molecule has 0 fully saturated rings. The van der Waals surface area contributed by atoms with Crippen LogP contribution in [0.2, 0.25) is 0 Å². The minimum absolute atomic E-state index is 0.131. The van der Waals surface area contributed by atoms with Gasteiger partial charge in [-0.3, -0.25) is 0 Å². The summed E-state index contributed by atoms with van der Waals surface area (Å²) in [4.78, 5) is 2.27. The maximum Gasteiger partial charge on any atom is 0.257 e. The highest BCUT2D eigenvalue weighted by Crippen LogP contribution is 2.37. The number of benzene rings is 1. The zero-order valence-electron chi connectivity index (χ0n) is 12.2. The van der Waals surface area contributed by atoms with Gasteiger partial charge in [0.1, 0.15) is 0 Å². The van der Waals surface area contributed by atoms with Crippen molar-refractivity contribution >= 4 is 23.1 Å². The average molecular weight is 316 g/mol. The number of rotatable bonds is 4. The Kier molecular flexibility index (Phi) is 4.12. The number of thioether (sulfide) groups is 1. The fourth-order valence-corrected chi connectivity index (χ4v) is 3.70. The van der Waals surface area contributed by atoms with Gasteiger partial charge in [0.25, 0.3) is 5.89 Å². The molecule has 0 N–H and O–H groups in total. The summed E-state index contributed by atoms with van der Waals surface area (Å²) in [5.41, 5.74) is 2.54. The van der Waals surface area contributed by atoms with E-state index in [2.05, 4.69) is 49.2 Å². The van der Waals surface area contributed by atoms with Gasteiger partial charge in [0.05, 0.1) is 10.1 Å². The second-order valence-electron chi connectivity index (χ2n) is 4.95. The monoisotopic (exact) mass is 316 g/mol. The third-order valence-electron chi connectivity index (χ3n) is 3.17. The lowest BCUT2D eigenvalue weighted by Crippen LogP contribution is -1.90. The fourth-order valence-electron chi connectivity index (χ4n) is 1.97. The first-order chi connectivity index (χ1) is 10.1. The summed E-state index contributed by atoms with van der Waals surface area (Å²) in [5.74, 6) is 1.28. The molecular formula is C16H16N2OS2. The Bertz CT molecular complexity index is 735. The highest BCUT2D eigenvalue weighted by Gasteiger charge is 2.17. The molecule has 0 amide bonds. The van der Waals surface area contributed by atoms with Crippen LogP contribution in [0.4, 0.5) is 0 Å². The minimum Gasteiger partial charge on any atom is -0.419 e. The second-order valence-corrected chi connectivity index (χ2v) is 7.28. The van der Waals surface area contributed by atoms with E-state index in [1.165, 1.54) is 16.0 Å². The highest BCUT2D eigenvalue weighted by atomic mass is 32.2. The molecule has 1 aromatic carbocycles. The molecule has 0 saturated heterocycles. The summed E-state index contributed by atoms with van der Waals surface area (Å²) in [7, 11) is 0. The van der Waals surface area contributed by atoms with E-state index in [1.54, 1.807) is 23.1 Å². The first-order valence-corrected chi connectivity index (χ1v) is 8.50. The van der Waals surface area contributed by atoms with Crippen molar-refractivity contribution in [2.24, 2.45) is 0 Å². The van der Waals surface area contributed by atoms with E-state index in [-0.39, 0.29) is 5.25 Å². The normalized spacial score (nSPS) is 12.5. The summed E-state index contributed by atoms with van der Waals surface area (Å²) in [6, 6.07) is 10.5. The van der Waals surface area contributed by atoms with Crippen LogP contribution in [0, 0.1) is 13.8 Å². The van der Waals surface area contributed by atoms with Crippen LogP contribution in [0.5, 0.6) is 0 Å². The van der Waals surface area contributed by atoms with Gasteiger partial charge in [-0.2, -0.15) is 0 Å². The Morgan fingerprint density at radius 1 is 1.19 bits per heavy atom. The van der Waals surface area contributed by atoms with Crippen molar-refractivity contribution < 1.29 is 4.42 Å². The van der Waals surface area contributed by atoms with Gasteiger partial charge in [0.2, 0.25) is 5.89 Å². The minimum atomic E-state index is 0.131. The molecule has 0 saturated carbocycles. The number of aryl methyl sites for hydroxylation is 2. The van der Waals surface area contributed by atoms with E-state index in [9.17, 15) is 0 Å². The molecule has 1 unspecified atom stereocenters. The topological polar surface area (TPSA) is 38.9 Å². The van der Waals surface area contributed by atoms with Crippen LogP contribution in [0.15, 0.2) is 45.0 Å². The molecule has 5 heteroatoms. The Labute approximate surface area is 132 Å². The molecule has 0 aliphatic heterocycles. The molecule has 3 nitrogen and oxygen atoms in total. The van der Waals surface area contributed by atoms with Gasteiger partial charge < -0.3 is 4.42 Å². The van der Waals surface area contributed by atoms with E-state index >= 15 is 0 Å². The third-order valence-corrected chi connectivity index (χ3v) is 5.27. The van der Waals surface area contributed by atoms with E-state index in [0.29, 0.717) is 11.8 Å². The summed E-state index contributed by atoms with van der Waals surface area (Å²) < 4.78 is 5.80. The third kappa shape index (κ3) is 3.19. The summed E-state index contributed by atoms with van der Waals surface area (Å²) in [6.07, 6.45) is 0. The van der Waals surface area contributed by atoms with E-state index in [0.717, 1.165) is 4.88 Å². The van der Waals surface area contributed by atoms with E-state index in [1.807, 2.05) is 17.5 Å². The molecule has 0 aliphatic carbocycles. The van der Waals surface area contributed by atoms with Gasteiger partial charge in [-0.25, -0.2) is 0 Å². The molecule has 3 rings (SSSR count). The lowest BCUT2D eigenvalue weighted by Gasteiger charge is -2.10. The van der Waals surface area contributed by atoms with Crippen LogP contribution in [-0.2, 0) is 0 Å². The van der Waals surface area contributed by atoms with Crippen LogP contribution >= 0.6 is 23.1 Å². The molecule has 2 aromatic heterocycles. The molecule has 0 spiro atoms. The molecular weight excluding hydrogens is 300 g/mol. The lowest BCUT2D eigenvalue weighted by atomic mass is 10.2. The SMILES string of the molecule is Cc1ccc(C)c(SC(C)c2nnc(-c3cccs3)o2)c1. The average Bonchev–Trinajstić information content (AvgIpc) is 3.12. The maximum absolute atomic E-state index is 5.80. The molecule has 21 heavy (non-hydrogen) atoms. The van der Waals surface area contributed by atoms with Crippen LogP contribution in [-0.4, -0.2) is 10.2 Å². The molecule has 0 bridgehead atoms.